The van der Waals surface area contributed by atoms with Crippen LogP contribution in [0.5, 0.6) is 0 Å². The molecule has 4 N–H and O–H groups in total. The van der Waals surface area contributed by atoms with Crippen molar-refractivity contribution in [3.63, 3.8) is 0 Å². The third-order valence-corrected chi connectivity index (χ3v) is 3.68. The minimum Gasteiger partial charge on any atom is -0.393 e. The average molecular weight is 305 g/mol. The Bertz CT molecular complexity index is 486. The highest BCUT2D eigenvalue weighted by Crippen LogP contribution is 2.32. The molecule has 0 aromatic carbocycles. The van der Waals surface area contributed by atoms with Crippen LogP contribution < -0.4 is 16.2 Å². The fourth-order valence-electron chi connectivity index (χ4n) is 2.42. The summed E-state index contributed by atoms with van der Waals surface area (Å²) < 4.78 is 38.4. The highest BCUT2D eigenvalue weighted by atomic mass is 19.4. The smallest absolute Gasteiger partial charge is 0.393 e. The van der Waals surface area contributed by atoms with E-state index in [1.165, 1.54) is 0 Å². The van der Waals surface area contributed by atoms with E-state index >= 15 is 0 Å². The number of aliphatic hydroxyl groups excluding tert-OH is 1. The average Bonchev–Trinajstić information content (AvgIpc) is 2.46. The van der Waals surface area contributed by atoms with Gasteiger partial charge in [0.05, 0.1) is 6.10 Å². The third-order valence-electron chi connectivity index (χ3n) is 3.68. The van der Waals surface area contributed by atoms with Gasteiger partial charge in [-0.25, -0.2) is 10.8 Å². The Balaban J connectivity index is 2.20. The molecule has 0 amide bonds. The normalized spacial score (nSPS) is 18.7. The van der Waals surface area contributed by atoms with Crippen LogP contribution in [0, 0.1) is 5.92 Å². The standard InChI is InChI=1S/C12H18F3N5O/c1-7(21)8-2-4-20(5-3-8)10-6-9(12(13,14)15)17-11(18-10)19-16/h6-8,21H,2-5,16H2,1H3,(H,17,18,19). The van der Waals surface area contributed by atoms with Gasteiger partial charge in [0.25, 0.3) is 0 Å². The van der Waals surface area contributed by atoms with Gasteiger partial charge < -0.3 is 10.0 Å². The molecular formula is C12H18F3N5O. The first-order chi connectivity index (χ1) is 9.81. The number of hydrazine groups is 1. The summed E-state index contributed by atoms with van der Waals surface area (Å²) in [5, 5.41) is 9.55. The van der Waals surface area contributed by atoms with E-state index in [0.717, 1.165) is 6.07 Å². The minimum atomic E-state index is -4.55. The van der Waals surface area contributed by atoms with E-state index in [0.29, 0.717) is 25.9 Å². The fourth-order valence-corrected chi connectivity index (χ4v) is 2.42. The molecule has 1 aromatic rings. The van der Waals surface area contributed by atoms with Gasteiger partial charge in [0.1, 0.15) is 5.82 Å². The van der Waals surface area contributed by atoms with Crippen molar-refractivity contribution in [3.05, 3.63) is 11.8 Å². The maximum absolute atomic E-state index is 12.8. The molecular weight excluding hydrogens is 287 g/mol. The molecule has 118 valence electrons. The van der Waals surface area contributed by atoms with Crippen LogP contribution in [0.15, 0.2) is 6.07 Å². The molecule has 1 atom stereocenters. The van der Waals surface area contributed by atoms with Crippen molar-refractivity contribution in [1.29, 1.82) is 0 Å². The van der Waals surface area contributed by atoms with Gasteiger partial charge in [0.2, 0.25) is 5.95 Å². The zero-order chi connectivity index (χ0) is 15.6. The molecule has 1 unspecified atom stereocenters. The molecule has 1 aliphatic rings. The van der Waals surface area contributed by atoms with Gasteiger partial charge in [-0.1, -0.05) is 0 Å². The van der Waals surface area contributed by atoms with Gasteiger partial charge in [-0.3, -0.25) is 5.43 Å². The summed E-state index contributed by atoms with van der Waals surface area (Å²) in [6.45, 7) is 2.80. The monoisotopic (exact) mass is 305 g/mol. The van der Waals surface area contributed by atoms with E-state index in [1.807, 2.05) is 0 Å². The van der Waals surface area contributed by atoms with Crippen molar-refractivity contribution in [2.45, 2.75) is 32.0 Å². The number of anilines is 2. The van der Waals surface area contributed by atoms with Crippen LogP contribution in [0.3, 0.4) is 0 Å². The lowest BCUT2D eigenvalue weighted by molar-refractivity contribution is -0.141. The Kier molecular flexibility index (Phi) is 4.52. The number of nitrogens with two attached hydrogens (primary N) is 1. The summed E-state index contributed by atoms with van der Waals surface area (Å²) in [4.78, 5) is 9.04. The number of nitrogen functional groups attached to an aromatic ring is 1. The molecule has 1 aromatic heterocycles. The number of nitrogens with zero attached hydrogens (tertiary/aromatic N) is 3. The van der Waals surface area contributed by atoms with Crippen molar-refractivity contribution in [2.75, 3.05) is 23.4 Å². The Morgan fingerprint density at radius 1 is 1.38 bits per heavy atom. The number of rotatable bonds is 3. The summed E-state index contributed by atoms with van der Waals surface area (Å²) in [5.74, 6) is 5.22. The second kappa shape index (κ2) is 6.02. The SMILES string of the molecule is CC(O)C1CCN(c2cc(C(F)(F)F)nc(NN)n2)CC1. The van der Waals surface area contributed by atoms with Crippen LogP contribution in [0.1, 0.15) is 25.5 Å². The van der Waals surface area contributed by atoms with Crippen molar-refractivity contribution >= 4 is 11.8 Å². The van der Waals surface area contributed by atoms with E-state index in [9.17, 15) is 18.3 Å². The maximum atomic E-state index is 12.8. The predicted octanol–water partition coefficient (Wildman–Crippen LogP) is 1.38. The number of hydrogen-bond acceptors (Lipinski definition) is 6. The second-order valence-electron chi connectivity index (χ2n) is 5.14. The molecule has 0 saturated carbocycles. The first kappa shape index (κ1) is 15.8. The summed E-state index contributed by atoms with van der Waals surface area (Å²) in [6, 6.07) is 0.920. The zero-order valence-corrected chi connectivity index (χ0v) is 11.6. The molecule has 2 heterocycles. The van der Waals surface area contributed by atoms with Crippen LogP contribution >= 0.6 is 0 Å². The largest absolute Gasteiger partial charge is 0.433 e. The van der Waals surface area contributed by atoms with Gasteiger partial charge in [0.15, 0.2) is 5.69 Å². The Morgan fingerprint density at radius 3 is 2.48 bits per heavy atom. The van der Waals surface area contributed by atoms with Gasteiger partial charge in [0, 0.05) is 19.2 Å². The van der Waals surface area contributed by atoms with Crippen molar-refractivity contribution < 1.29 is 18.3 Å². The number of alkyl halides is 3. The number of aliphatic hydroxyl groups is 1. The number of aromatic nitrogens is 2. The first-order valence-corrected chi connectivity index (χ1v) is 6.67. The second-order valence-corrected chi connectivity index (χ2v) is 5.14. The molecule has 6 nitrogen and oxygen atoms in total. The van der Waals surface area contributed by atoms with Crippen LogP contribution in [-0.4, -0.2) is 34.3 Å². The fraction of sp³-hybridized carbons (Fsp3) is 0.667. The lowest BCUT2D eigenvalue weighted by Gasteiger charge is -2.34. The molecule has 21 heavy (non-hydrogen) atoms. The first-order valence-electron chi connectivity index (χ1n) is 6.67. The van der Waals surface area contributed by atoms with Gasteiger partial charge in [-0.15, -0.1) is 0 Å². The predicted molar refractivity (Wildman–Crippen MR) is 71.5 cm³/mol. The number of nitrogens with one attached hydrogen (secondary N) is 1. The van der Waals surface area contributed by atoms with Gasteiger partial charge >= 0.3 is 6.18 Å². The highest BCUT2D eigenvalue weighted by molar-refractivity contribution is 5.45. The molecule has 0 aliphatic carbocycles. The lowest BCUT2D eigenvalue weighted by atomic mass is 9.92. The van der Waals surface area contributed by atoms with Crippen LogP contribution in [0.25, 0.3) is 0 Å². The summed E-state index contributed by atoms with van der Waals surface area (Å²) >= 11 is 0. The molecule has 2 rings (SSSR count). The number of halogens is 3. The molecule has 1 fully saturated rings. The quantitative estimate of drug-likeness (QED) is 0.577. The van der Waals surface area contributed by atoms with E-state index in [4.69, 9.17) is 5.84 Å². The van der Waals surface area contributed by atoms with E-state index in [-0.39, 0.29) is 17.7 Å². The van der Waals surface area contributed by atoms with E-state index in [1.54, 1.807) is 11.8 Å². The van der Waals surface area contributed by atoms with E-state index in [2.05, 4.69) is 15.4 Å². The van der Waals surface area contributed by atoms with Crippen molar-refractivity contribution in [1.82, 2.24) is 9.97 Å². The van der Waals surface area contributed by atoms with E-state index < -0.39 is 18.0 Å². The highest BCUT2D eigenvalue weighted by Gasteiger charge is 2.34. The lowest BCUT2D eigenvalue weighted by Crippen LogP contribution is -2.37. The molecule has 1 saturated heterocycles. The molecule has 0 bridgehead atoms. The Hall–Kier alpha value is -1.61. The summed E-state index contributed by atoms with van der Waals surface area (Å²) in [7, 11) is 0. The molecule has 0 radical (unpaired) electrons. The van der Waals surface area contributed by atoms with Gasteiger partial charge in [-0.05, 0) is 25.7 Å². The van der Waals surface area contributed by atoms with Crippen LogP contribution in [-0.2, 0) is 6.18 Å². The van der Waals surface area contributed by atoms with Crippen LogP contribution in [0.4, 0.5) is 24.9 Å². The van der Waals surface area contributed by atoms with Crippen LogP contribution in [0.2, 0.25) is 0 Å². The topological polar surface area (TPSA) is 87.3 Å². The van der Waals surface area contributed by atoms with Crippen molar-refractivity contribution in [3.8, 4) is 0 Å². The Morgan fingerprint density at radius 2 is 2.00 bits per heavy atom. The van der Waals surface area contributed by atoms with Gasteiger partial charge in [-0.2, -0.15) is 18.2 Å². The number of hydrogen-bond donors (Lipinski definition) is 3. The number of piperidine rings is 1. The Labute approximate surface area is 120 Å². The maximum Gasteiger partial charge on any atom is 0.433 e. The minimum absolute atomic E-state index is 0.164. The summed E-state index contributed by atoms with van der Waals surface area (Å²) in [6.07, 6.45) is -3.56. The zero-order valence-electron chi connectivity index (χ0n) is 11.6. The van der Waals surface area contributed by atoms with Crippen molar-refractivity contribution in [2.24, 2.45) is 11.8 Å². The molecule has 9 heteroatoms. The third kappa shape index (κ3) is 3.73. The molecule has 0 spiro atoms. The molecule has 1 aliphatic heterocycles. The summed E-state index contributed by atoms with van der Waals surface area (Å²) in [5.41, 5.74) is 1.03.